The number of nitrogens with one attached hydrogen (secondary N) is 2. The fraction of sp³-hybridized carbons (Fsp3) is 0.0769. The number of H-pyrrole nitrogens is 2. The Bertz CT molecular complexity index is 1290. The van der Waals surface area contributed by atoms with Gasteiger partial charge in [0.2, 0.25) is 0 Å². The Labute approximate surface area is 180 Å². The Balaban J connectivity index is 0.000000250. The van der Waals surface area contributed by atoms with Crippen LogP contribution >= 0.6 is 0 Å². The lowest BCUT2D eigenvalue weighted by Crippen LogP contribution is -2.11. The molecule has 0 spiro atoms. The lowest BCUT2D eigenvalue weighted by atomic mass is 10.3. The Morgan fingerprint density at radius 2 is 1.13 bits per heavy atom. The van der Waals surface area contributed by atoms with E-state index in [0.29, 0.717) is 0 Å². The molecule has 152 valence electrons. The first-order valence-electron chi connectivity index (χ1n) is 10.3. The monoisotopic (exact) mass is 405 g/mol. The molecule has 3 aliphatic rings. The number of aromatic nitrogens is 4. The molecule has 5 heteroatoms. The quantitative estimate of drug-likeness (QED) is 0.350. The van der Waals surface area contributed by atoms with Crippen LogP contribution in [0.3, 0.4) is 0 Å². The molecule has 31 heavy (non-hydrogen) atoms. The van der Waals surface area contributed by atoms with Gasteiger partial charge in [0.15, 0.2) is 0 Å². The van der Waals surface area contributed by atoms with Crippen LogP contribution in [-0.4, -0.2) is 38.4 Å². The van der Waals surface area contributed by atoms with Crippen LogP contribution in [0.1, 0.15) is 22.8 Å². The molecular formula is C26H23N5. The van der Waals surface area contributed by atoms with Gasteiger partial charge in [0.05, 0.1) is 22.8 Å². The second-order valence-electron chi connectivity index (χ2n) is 7.61. The topological polar surface area (TPSA) is 60.6 Å². The van der Waals surface area contributed by atoms with E-state index in [1.807, 2.05) is 48.6 Å². The Morgan fingerprint density at radius 3 is 1.55 bits per heavy atom. The summed E-state index contributed by atoms with van der Waals surface area (Å²) in [5, 5.41) is 0. The Morgan fingerprint density at radius 1 is 0.645 bits per heavy atom. The zero-order valence-electron chi connectivity index (χ0n) is 17.3. The van der Waals surface area contributed by atoms with Crippen molar-refractivity contribution in [3.8, 4) is 0 Å². The van der Waals surface area contributed by atoms with Crippen LogP contribution in [0.25, 0.3) is 46.4 Å². The van der Waals surface area contributed by atoms with Crippen LogP contribution in [0, 0.1) is 0 Å². The van der Waals surface area contributed by atoms with Gasteiger partial charge in [-0.2, -0.15) is 0 Å². The maximum absolute atomic E-state index is 4.62. The van der Waals surface area contributed by atoms with Crippen molar-refractivity contribution in [2.75, 3.05) is 13.6 Å². The van der Waals surface area contributed by atoms with Gasteiger partial charge in [-0.05, 0) is 85.1 Å². The van der Waals surface area contributed by atoms with Gasteiger partial charge in [-0.25, -0.2) is 9.97 Å². The van der Waals surface area contributed by atoms with Crippen molar-refractivity contribution in [3.63, 3.8) is 0 Å². The van der Waals surface area contributed by atoms with Crippen molar-refractivity contribution in [1.29, 1.82) is 0 Å². The van der Waals surface area contributed by atoms with Gasteiger partial charge in [-0.15, -0.1) is 0 Å². The second-order valence-corrected chi connectivity index (χ2v) is 7.61. The lowest BCUT2D eigenvalue weighted by Gasteiger charge is -2.11. The summed E-state index contributed by atoms with van der Waals surface area (Å²) in [5.74, 6) is 0. The molecule has 5 nitrogen and oxygen atoms in total. The van der Waals surface area contributed by atoms with Crippen molar-refractivity contribution < 1.29 is 0 Å². The van der Waals surface area contributed by atoms with Crippen LogP contribution in [0.15, 0.2) is 73.0 Å². The minimum absolute atomic E-state index is 0.915. The molecule has 0 amide bonds. The molecule has 3 aromatic heterocycles. The summed E-state index contributed by atoms with van der Waals surface area (Å²) < 4.78 is 0. The van der Waals surface area contributed by atoms with Crippen LogP contribution in [-0.2, 0) is 0 Å². The zero-order chi connectivity index (χ0) is 21.0. The van der Waals surface area contributed by atoms with Crippen molar-refractivity contribution in [3.05, 3.63) is 95.7 Å². The van der Waals surface area contributed by atoms with E-state index in [4.69, 9.17) is 0 Å². The van der Waals surface area contributed by atoms with Gasteiger partial charge in [-0.1, -0.05) is 12.2 Å². The number of rotatable bonds is 0. The average Bonchev–Trinajstić information content (AvgIpc) is 3.55. The van der Waals surface area contributed by atoms with E-state index < -0.39 is 0 Å². The molecule has 3 aliphatic heterocycles. The summed E-state index contributed by atoms with van der Waals surface area (Å²) in [7, 11) is 2.06. The van der Waals surface area contributed by atoms with Gasteiger partial charge < -0.3 is 14.9 Å². The van der Waals surface area contributed by atoms with Crippen molar-refractivity contribution in [1.82, 2.24) is 24.8 Å². The number of allylic oxidation sites excluding steroid dienone is 2. The molecule has 0 aromatic carbocycles. The predicted molar refractivity (Wildman–Crippen MR) is 130 cm³/mol. The molecule has 0 atom stereocenters. The molecule has 3 aromatic rings. The molecular weight excluding hydrogens is 382 g/mol. The third-order valence-electron chi connectivity index (χ3n) is 5.02. The molecule has 8 bridgehead atoms. The third-order valence-corrected chi connectivity index (χ3v) is 5.02. The Hall–Kier alpha value is -4.12. The van der Waals surface area contributed by atoms with Crippen LogP contribution in [0.5, 0.6) is 0 Å². The number of hydrogen-bond acceptors (Lipinski definition) is 3. The van der Waals surface area contributed by atoms with Gasteiger partial charge >= 0.3 is 0 Å². The largest absolute Gasteiger partial charge is 0.377 e. The van der Waals surface area contributed by atoms with Crippen molar-refractivity contribution >= 4 is 46.4 Å². The SMILES string of the molecule is C1=Cc2cc3ccc(cc4ccc(cc5nc(cc1n2)C=C5)[nH]4)[nH]3.CN1C=CC=CC1. The molecule has 2 N–H and O–H groups in total. The van der Waals surface area contributed by atoms with Gasteiger partial charge in [0, 0.05) is 35.7 Å². The minimum Gasteiger partial charge on any atom is -0.377 e. The molecule has 0 saturated heterocycles. The summed E-state index contributed by atoms with van der Waals surface area (Å²) >= 11 is 0. The number of nitrogens with zero attached hydrogens (tertiary/aromatic N) is 3. The smallest absolute Gasteiger partial charge is 0.0659 e. The second kappa shape index (κ2) is 8.32. The van der Waals surface area contributed by atoms with E-state index in [2.05, 4.69) is 80.6 Å². The van der Waals surface area contributed by atoms with Crippen LogP contribution < -0.4 is 0 Å². The van der Waals surface area contributed by atoms with E-state index in [1.165, 1.54) is 0 Å². The minimum atomic E-state index is 0.915. The molecule has 0 fully saturated rings. The van der Waals surface area contributed by atoms with E-state index in [-0.39, 0.29) is 0 Å². The standard InChI is InChI=1S/C20H14N4.C6H9N/c1-2-14-10-16-5-6-18(23-16)12-20-8-7-19(24-20)11-17-4-3-15(22-17)9-13(1)21-14;1-7-5-3-2-4-6-7/h1-12,21-22H;2-5H,6H2,1H3. The molecule has 0 unspecified atom stereocenters. The van der Waals surface area contributed by atoms with Gasteiger partial charge in [0.25, 0.3) is 0 Å². The number of likely N-dealkylation sites (N-methyl/N-ethyl adjacent to an activating group) is 1. The van der Waals surface area contributed by atoms with E-state index in [0.717, 1.165) is 51.4 Å². The highest BCUT2D eigenvalue weighted by molar-refractivity contribution is 5.77. The first kappa shape index (κ1) is 18.9. The first-order chi connectivity index (χ1) is 15.2. The van der Waals surface area contributed by atoms with Crippen LogP contribution in [0.2, 0.25) is 0 Å². The summed E-state index contributed by atoms with van der Waals surface area (Å²) in [4.78, 5) is 18.1. The number of fused-ring (bicyclic) bond motifs is 8. The van der Waals surface area contributed by atoms with Gasteiger partial charge in [-0.3, -0.25) is 0 Å². The normalized spacial score (nSPS) is 13.9. The number of aromatic amines is 2. The average molecular weight is 406 g/mol. The van der Waals surface area contributed by atoms with E-state index >= 15 is 0 Å². The summed E-state index contributed by atoms with van der Waals surface area (Å²) in [6.07, 6.45) is 16.3. The molecule has 0 saturated carbocycles. The number of hydrogen-bond donors (Lipinski definition) is 2. The zero-order valence-corrected chi connectivity index (χ0v) is 17.3. The molecule has 0 aliphatic carbocycles. The predicted octanol–water partition coefficient (Wildman–Crippen LogP) is 5.66. The maximum atomic E-state index is 4.62. The Kier molecular flexibility index (Phi) is 5.07. The fourth-order valence-corrected chi connectivity index (χ4v) is 3.51. The molecule has 0 radical (unpaired) electrons. The highest BCUT2D eigenvalue weighted by Crippen LogP contribution is 2.17. The summed E-state index contributed by atoms with van der Waals surface area (Å²) in [6, 6.07) is 16.4. The highest BCUT2D eigenvalue weighted by Gasteiger charge is 2.02. The highest BCUT2D eigenvalue weighted by atomic mass is 15.1. The van der Waals surface area contributed by atoms with E-state index in [1.54, 1.807) is 0 Å². The summed E-state index contributed by atoms with van der Waals surface area (Å²) in [5.41, 5.74) is 7.86. The molecule has 6 rings (SSSR count). The lowest BCUT2D eigenvalue weighted by molar-refractivity contribution is 0.505. The van der Waals surface area contributed by atoms with Gasteiger partial charge in [0.1, 0.15) is 0 Å². The van der Waals surface area contributed by atoms with Crippen molar-refractivity contribution in [2.24, 2.45) is 0 Å². The van der Waals surface area contributed by atoms with E-state index in [9.17, 15) is 0 Å². The maximum Gasteiger partial charge on any atom is 0.0659 e. The first-order valence-corrected chi connectivity index (χ1v) is 10.3. The van der Waals surface area contributed by atoms with Crippen molar-refractivity contribution in [2.45, 2.75) is 0 Å². The molecule has 6 heterocycles. The summed E-state index contributed by atoms with van der Waals surface area (Å²) in [6.45, 7) is 1.05. The third kappa shape index (κ3) is 4.73. The van der Waals surface area contributed by atoms with Crippen LogP contribution in [0.4, 0.5) is 0 Å². The fourth-order valence-electron chi connectivity index (χ4n) is 3.51.